The Morgan fingerprint density at radius 3 is 3.14 bits per heavy atom. The van der Waals surface area contributed by atoms with E-state index >= 15 is 0 Å². The molecule has 3 aromatic rings. The summed E-state index contributed by atoms with van der Waals surface area (Å²) in [6, 6.07) is 11.1. The van der Waals surface area contributed by atoms with Crippen molar-refractivity contribution in [1.29, 1.82) is 0 Å². The lowest BCUT2D eigenvalue weighted by atomic mass is 10.2. The molecule has 3 nitrogen and oxygen atoms in total. The second-order valence-electron chi connectivity index (χ2n) is 3.08. The van der Waals surface area contributed by atoms with Gasteiger partial charge in [0.25, 0.3) is 0 Å². The maximum atomic E-state index is 4.20. The monoisotopic (exact) mass is 182 g/mol. The lowest BCUT2D eigenvalue weighted by Crippen LogP contribution is -1.93. The Bertz CT molecular complexity index is 549. The highest BCUT2D eigenvalue weighted by Crippen LogP contribution is 2.19. The molecule has 2 heterocycles. The Hall–Kier alpha value is -2.03. The van der Waals surface area contributed by atoms with E-state index in [0.29, 0.717) is 0 Å². The third-order valence-corrected chi connectivity index (χ3v) is 2.24. The minimum absolute atomic E-state index is 1.05. The quantitative estimate of drug-likeness (QED) is 0.614. The lowest BCUT2D eigenvalue weighted by Gasteiger charge is -2.01. The van der Waals surface area contributed by atoms with Crippen LogP contribution < -0.4 is 0 Å². The normalized spacial score (nSPS) is 10.9. The summed E-state index contributed by atoms with van der Waals surface area (Å²) in [6.07, 6.45) is 5.51. The summed E-state index contributed by atoms with van der Waals surface area (Å²) in [5, 5.41) is 5.26. The molecule has 0 aliphatic carbocycles. The third-order valence-electron chi connectivity index (χ3n) is 2.24. The van der Waals surface area contributed by atoms with Gasteiger partial charge in [-0.1, -0.05) is 6.07 Å². The first-order valence-electron chi connectivity index (χ1n) is 4.43. The van der Waals surface area contributed by atoms with E-state index in [-0.39, 0.29) is 0 Å². The van der Waals surface area contributed by atoms with E-state index in [2.05, 4.69) is 16.1 Å². The highest BCUT2D eigenvalue weighted by molar-refractivity contribution is 5.87. The van der Waals surface area contributed by atoms with Gasteiger partial charge in [-0.15, -0.1) is 0 Å². The number of H-pyrrole nitrogens is 1. The van der Waals surface area contributed by atoms with E-state index in [0.717, 1.165) is 16.6 Å². The molecule has 1 aromatic carbocycles. The largest absolute Gasteiger partial charge is 0.360 e. The van der Waals surface area contributed by atoms with Gasteiger partial charge in [0.05, 0.1) is 5.69 Å². The fourth-order valence-corrected chi connectivity index (χ4v) is 1.60. The fraction of sp³-hybridized carbons (Fsp3) is 0. The first kappa shape index (κ1) is 7.38. The predicted octanol–water partition coefficient (Wildman–Crippen LogP) is 2.15. The van der Waals surface area contributed by atoms with Crippen LogP contribution in [0.15, 0.2) is 42.9 Å². The van der Waals surface area contributed by atoms with Crippen molar-refractivity contribution in [3.05, 3.63) is 48.9 Å². The zero-order valence-electron chi connectivity index (χ0n) is 7.44. The van der Waals surface area contributed by atoms with Gasteiger partial charge < -0.3 is 4.98 Å². The van der Waals surface area contributed by atoms with Crippen LogP contribution in [0.5, 0.6) is 0 Å². The minimum atomic E-state index is 1.05. The maximum Gasteiger partial charge on any atom is 0.0745 e. The number of aromatic amines is 1. The van der Waals surface area contributed by atoms with Crippen LogP contribution in [0.3, 0.4) is 0 Å². The predicted molar refractivity (Wildman–Crippen MR) is 54.3 cm³/mol. The molecule has 0 aliphatic rings. The zero-order valence-corrected chi connectivity index (χ0v) is 7.44. The minimum Gasteiger partial charge on any atom is -0.360 e. The number of aromatic nitrogens is 3. The van der Waals surface area contributed by atoms with E-state index in [1.165, 1.54) is 0 Å². The van der Waals surface area contributed by atoms with E-state index in [9.17, 15) is 0 Å². The Morgan fingerprint density at radius 1 is 1.29 bits per heavy atom. The van der Waals surface area contributed by atoms with Crippen LogP contribution in [0.25, 0.3) is 16.6 Å². The van der Waals surface area contributed by atoms with Gasteiger partial charge in [-0.05, 0) is 18.2 Å². The van der Waals surface area contributed by atoms with Crippen LogP contribution >= 0.6 is 0 Å². The van der Waals surface area contributed by atoms with Crippen LogP contribution in [0.1, 0.15) is 0 Å². The van der Waals surface area contributed by atoms with E-state index in [1.807, 2.05) is 41.3 Å². The maximum absolute atomic E-state index is 4.20. The van der Waals surface area contributed by atoms with Crippen molar-refractivity contribution < 1.29 is 0 Å². The number of rotatable bonds is 1. The molecule has 0 bridgehead atoms. The van der Waals surface area contributed by atoms with Crippen molar-refractivity contribution in [3.8, 4) is 5.69 Å². The van der Waals surface area contributed by atoms with Gasteiger partial charge in [0, 0.05) is 35.6 Å². The van der Waals surface area contributed by atoms with Gasteiger partial charge in [-0.3, -0.25) is 0 Å². The van der Waals surface area contributed by atoms with Crippen LogP contribution in [-0.4, -0.2) is 14.8 Å². The number of fused-ring (bicyclic) bond motifs is 1. The number of hydrogen-bond acceptors (Lipinski definition) is 1. The molecular weight excluding hydrogens is 174 g/mol. The Balaban J connectivity index is 2.36. The van der Waals surface area contributed by atoms with E-state index in [4.69, 9.17) is 0 Å². The number of hydrogen-bond donors (Lipinski definition) is 1. The summed E-state index contributed by atoms with van der Waals surface area (Å²) in [4.78, 5) is 3.13. The summed E-state index contributed by atoms with van der Waals surface area (Å²) in [7, 11) is 0. The fourth-order valence-electron chi connectivity index (χ4n) is 1.60. The van der Waals surface area contributed by atoms with Gasteiger partial charge >= 0.3 is 0 Å². The van der Waals surface area contributed by atoms with Crippen molar-refractivity contribution in [2.75, 3.05) is 0 Å². The third kappa shape index (κ3) is 0.956. The second kappa shape index (κ2) is 2.73. The molecule has 0 unspecified atom stereocenters. The molecular formula is C11H8N3. The second-order valence-corrected chi connectivity index (χ2v) is 3.08. The first-order chi connectivity index (χ1) is 6.95. The Labute approximate surface area is 81.0 Å². The van der Waals surface area contributed by atoms with Crippen LogP contribution in [0.2, 0.25) is 0 Å². The lowest BCUT2D eigenvalue weighted by molar-refractivity contribution is 0.888. The van der Waals surface area contributed by atoms with E-state index < -0.39 is 0 Å². The van der Waals surface area contributed by atoms with Crippen molar-refractivity contribution in [3.63, 3.8) is 0 Å². The van der Waals surface area contributed by atoms with Gasteiger partial charge in [0.15, 0.2) is 0 Å². The topological polar surface area (TPSA) is 33.6 Å². The molecule has 1 radical (unpaired) electrons. The molecule has 2 aromatic heterocycles. The van der Waals surface area contributed by atoms with Crippen molar-refractivity contribution >= 4 is 10.9 Å². The number of nitrogens with one attached hydrogen (secondary N) is 1. The zero-order chi connectivity index (χ0) is 9.38. The highest BCUT2D eigenvalue weighted by Gasteiger charge is 2.02. The standard InChI is InChI=1S/C11H8N3/c1-3-10-9(5-7-12-10)11(4-1)14-8-2-6-13-14/h1-4,6-8,12H. The van der Waals surface area contributed by atoms with E-state index in [1.54, 1.807) is 6.20 Å². The average Bonchev–Trinajstić information content (AvgIpc) is 2.88. The van der Waals surface area contributed by atoms with Gasteiger partial charge in [-0.25, -0.2) is 4.68 Å². The smallest absolute Gasteiger partial charge is 0.0745 e. The molecule has 0 spiro atoms. The molecule has 0 saturated carbocycles. The number of benzene rings is 1. The molecule has 3 rings (SSSR count). The molecule has 0 aliphatic heterocycles. The van der Waals surface area contributed by atoms with Crippen LogP contribution in [0.4, 0.5) is 0 Å². The van der Waals surface area contributed by atoms with Crippen LogP contribution in [0, 0.1) is 6.07 Å². The summed E-state index contributed by atoms with van der Waals surface area (Å²) < 4.78 is 1.84. The summed E-state index contributed by atoms with van der Waals surface area (Å²) >= 11 is 0. The molecule has 67 valence electrons. The average molecular weight is 182 g/mol. The summed E-state index contributed by atoms with van der Waals surface area (Å²) in [5.74, 6) is 0. The highest BCUT2D eigenvalue weighted by atomic mass is 15.3. The molecule has 0 fully saturated rings. The summed E-state index contributed by atoms with van der Waals surface area (Å²) in [6.45, 7) is 0. The van der Waals surface area contributed by atoms with Gasteiger partial charge in [0.1, 0.15) is 0 Å². The molecule has 3 heteroatoms. The van der Waals surface area contributed by atoms with Gasteiger partial charge in [0.2, 0.25) is 0 Å². The van der Waals surface area contributed by atoms with Crippen molar-refractivity contribution in [2.24, 2.45) is 0 Å². The van der Waals surface area contributed by atoms with Crippen molar-refractivity contribution in [1.82, 2.24) is 14.8 Å². The Morgan fingerprint density at radius 2 is 2.29 bits per heavy atom. The molecule has 0 amide bonds. The summed E-state index contributed by atoms with van der Waals surface area (Å²) in [5.41, 5.74) is 2.13. The van der Waals surface area contributed by atoms with Crippen molar-refractivity contribution in [2.45, 2.75) is 0 Å². The molecule has 1 N–H and O–H groups in total. The molecule has 0 atom stereocenters. The SMILES string of the molecule is [c]1c[nH]c2cccc(-n3cccn3)c12. The number of nitrogens with zero attached hydrogens (tertiary/aromatic N) is 2. The first-order valence-corrected chi connectivity index (χ1v) is 4.43. The molecule has 0 saturated heterocycles. The molecule has 14 heavy (non-hydrogen) atoms. The van der Waals surface area contributed by atoms with Gasteiger partial charge in [-0.2, -0.15) is 5.10 Å². The Kier molecular flexibility index (Phi) is 1.44. The van der Waals surface area contributed by atoms with Crippen LogP contribution in [-0.2, 0) is 0 Å².